The minimum Gasteiger partial charge on any atom is -0.480 e. The molecule has 1 aliphatic heterocycles. The average Bonchev–Trinajstić information content (AvgIpc) is 2.92. The lowest BCUT2D eigenvalue weighted by Crippen LogP contribution is -2.38. The topological polar surface area (TPSA) is 87.5 Å². The summed E-state index contributed by atoms with van der Waals surface area (Å²) < 4.78 is 1.14. The van der Waals surface area contributed by atoms with Gasteiger partial charge in [0, 0.05) is 19.1 Å². The van der Waals surface area contributed by atoms with E-state index in [1.54, 1.807) is 6.92 Å². The molecule has 1 aromatic heterocycles. The van der Waals surface area contributed by atoms with Gasteiger partial charge in [-0.2, -0.15) is 0 Å². The number of anilines is 1. The van der Waals surface area contributed by atoms with E-state index < -0.39 is 18.1 Å². The van der Waals surface area contributed by atoms with Gasteiger partial charge in [-0.3, -0.25) is 19.1 Å². The Morgan fingerprint density at radius 1 is 1.50 bits per heavy atom. The van der Waals surface area contributed by atoms with Crippen molar-refractivity contribution in [3.8, 4) is 0 Å². The largest absolute Gasteiger partial charge is 0.480 e. The molecule has 0 radical (unpaired) electrons. The molecule has 0 aliphatic carbocycles. The van der Waals surface area contributed by atoms with E-state index in [1.165, 1.54) is 0 Å². The Bertz CT molecular complexity index is 659. The van der Waals surface area contributed by atoms with Crippen LogP contribution in [0.3, 0.4) is 0 Å². The van der Waals surface area contributed by atoms with Gasteiger partial charge in [-0.05, 0) is 32.2 Å². The second kappa shape index (κ2) is 7.98. The molecule has 0 spiro atoms. The van der Waals surface area contributed by atoms with E-state index in [-0.39, 0.29) is 11.0 Å². The van der Waals surface area contributed by atoms with Crippen molar-refractivity contribution in [2.45, 2.75) is 46.2 Å². The third kappa shape index (κ3) is 4.48. The molecule has 1 aromatic rings. The molecule has 7 nitrogen and oxygen atoms in total. The lowest BCUT2D eigenvalue weighted by molar-refractivity contribution is -0.137. The van der Waals surface area contributed by atoms with Crippen LogP contribution in [0.5, 0.6) is 0 Å². The summed E-state index contributed by atoms with van der Waals surface area (Å²) in [6, 6.07) is 0.349. The zero-order valence-electron chi connectivity index (χ0n) is 14.4. The van der Waals surface area contributed by atoms with Gasteiger partial charge >= 0.3 is 5.97 Å². The van der Waals surface area contributed by atoms with Crippen molar-refractivity contribution >= 4 is 23.4 Å². The Morgan fingerprint density at radius 2 is 2.21 bits per heavy atom. The predicted molar refractivity (Wildman–Crippen MR) is 93.8 cm³/mol. The molecule has 2 rings (SSSR count). The highest BCUT2D eigenvalue weighted by Gasteiger charge is 2.25. The van der Waals surface area contributed by atoms with Crippen LogP contribution in [0.25, 0.3) is 0 Å². The molecular formula is C16H25ClN4O3. The van der Waals surface area contributed by atoms with Crippen LogP contribution in [0.4, 0.5) is 5.82 Å². The van der Waals surface area contributed by atoms with Crippen molar-refractivity contribution in [1.29, 1.82) is 0 Å². The summed E-state index contributed by atoms with van der Waals surface area (Å²) in [6.07, 6.45) is 2.22. The normalized spacial score (nSPS) is 18.3. The first kappa shape index (κ1) is 18.7. The van der Waals surface area contributed by atoms with Crippen LogP contribution in [0, 0.1) is 12.8 Å². The van der Waals surface area contributed by atoms with E-state index in [0.717, 1.165) is 30.5 Å². The van der Waals surface area contributed by atoms with Crippen molar-refractivity contribution in [2.75, 3.05) is 25.0 Å². The quantitative estimate of drug-likeness (QED) is 0.775. The number of aliphatic carboxylic acids is 1. The Labute approximate surface area is 146 Å². The Morgan fingerprint density at radius 3 is 2.83 bits per heavy atom. The minimum atomic E-state index is -1.09. The van der Waals surface area contributed by atoms with Crippen LogP contribution in [0.2, 0.25) is 5.15 Å². The molecular weight excluding hydrogens is 332 g/mol. The zero-order valence-corrected chi connectivity index (χ0v) is 15.1. The van der Waals surface area contributed by atoms with E-state index in [2.05, 4.69) is 29.0 Å². The van der Waals surface area contributed by atoms with Crippen LogP contribution < -0.4 is 10.9 Å². The number of carboxylic acids is 1. The molecule has 134 valence electrons. The smallest absolute Gasteiger partial charge is 0.323 e. The predicted octanol–water partition coefficient (Wildman–Crippen LogP) is 1.82. The zero-order chi connectivity index (χ0) is 17.9. The Balaban J connectivity index is 2.14. The number of hydrogen-bond donors (Lipinski definition) is 2. The van der Waals surface area contributed by atoms with Crippen molar-refractivity contribution in [1.82, 2.24) is 14.5 Å². The summed E-state index contributed by atoms with van der Waals surface area (Å²) >= 11 is 6.05. The van der Waals surface area contributed by atoms with E-state index in [1.807, 2.05) is 0 Å². The molecule has 8 heteroatoms. The van der Waals surface area contributed by atoms with Crippen molar-refractivity contribution < 1.29 is 9.90 Å². The van der Waals surface area contributed by atoms with Crippen LogP contribution in [0.1, 0.15) is 32.4 Å². The lowest BCUT2D eigenvalue weighted by atomic mass is 10.1. The molecule has 1 aliphatic rings. The first-order valence-electron chi connectivity index (χ1n) is 8.26. The Kier molecular flexibility index (Phi) is 6.23. The van der Waals surface area contributed by atoms with Gasteiger partial charge in [0.1, 0.15) is 6.54 Å². The standard InChI is InChI=1S/C16H25ClN4O3/c1-10(2)8-20-6-4-5-12(20)7-18-15-16(24)21(9-13(22)23)11(3)14(17)19-15/h10,12H,4-9H2,1-3H3,(H,18,19)(H,22,23)/t12-/m1/s1. The Hall–Kier alpha value is -1.60. The first-order valence-corrected chi connectivity index (χ1v) is 8.64. The average molecular weight is 357 g/mol. The highest BCUT2D eigenvalue weighted by Crippen LogP contribution is 2.19. The molecule has 2 heterocycles. The molecule has 1 fully saturated rings. The van der Waals surface area contributed by atoms with Gasteiger partial charge in [0.15, 0.2) is 11.0 Å². The summed E-state index contributed by atoms with van der Waals surface area (Å²) in [5.74, 6) is -0.388. The fraction of sp³-hybridized carbons (Fsp3) is 0.688. The molecule has 0 bridgehead atoms. The van der Waals surface area contributed by atoms with Crippen LogP contribution in [0.15, 0.2) is 4.79 Å². The van der Waals surface area contributed by atoms with Crippen LogP contribution in [-0.2, 0) is 11.3 Å². The fourth-order valence-corrected chi connectivity index (χ4v) is 3.30. The summed E-state index contributed by atoms with van der Waals surface area (Å²) in [4.78, 5) is 29.9. The minimum absolute atomic E-state index is 0.114. The number of hydrogen-bond acceptors (Lipinski definition) is 5. The molecule has 0 amide bonds. The summed E-state index contributed by atoms with van der Waals surface area (Å²) in [5.41, 5.74) is -0.0929. The number of aromatic nitrogens is 2. The SMILES string of the molecule is Cc1c(Cl)nc(NC[C@H]2CCCN2CC(C)C)c(=O)n1CC(=O)O. The highest BCUT2D eigenvalue weighted by atomic mass is 35.5. The van der Waals surface area contributed by atoms with E-state index in [0.29, 0.717) is 24.2 Å². The maximum atomic E-state index is 12.4. The van der Waals surface area contributed by atoms with Crippen molar-refractivity contribution in [3.63, 3.8) is 0 Å². The molecule has 1 atom stereocenters. The number of halogens is 1. The molecule has 24 heavy (non-hydrogen) atoms. The number of nitrogens with zero attached hydrogens (tertiary/aromatic N) is 3. The third-order valence-electron chi connectivity index (χ3n) is 4.26. The van der Waals surface area contributed by atoms with Gasteiger partial charge in [-0.25, -0.2) is 4.98 Å². The molecule has 1 saturated heterocycles. The summed E-state index contributed by atoms with van der Waals surface area (Å²) in [5, 5.41) is 12.2. The molecule has 0 unspecified atom stereocenters. The van der Waals surface area contributed by atoms with Gasteiger partial charge in [0.2, 0.25) is 0 Å². The maximum Gasteiger partial charge on any atom is 0.323 e. The highest BCUT2D eigenvalue weighted by molar-refractivity contribution is 6.30. The third-order valence-corrected chi connectivity index (χ3v) is 4.62. The van der Waals surface area contributed by atoms with Crippen LogP contribution in [-0.4, -0.2) is 51.2 Å². The molecule has 0 aromatic carbocycles. The van der Waals surface area contributed by atoms with E-state index >= 15 is 0 Å². The van der Waals surface area contributed by atoms with E-state index in [9.17, 15) is 9.59 Å². The molecule has 2 N–H and O–H groups in total. The second-order valence-electron chi connectivity index (χ2n) is 6.69. The van der Waals surface area contributed by atoms with Gasteiger partial charge < -0.3 is 10.4 Å². The summed E-state index contributed by atoms with van der Waals surface area (Å²) in [7, 11) is 0. The van der Waals surface area contributed by atoms with Crippen LogP contribution >= 0.6 is 11.6 Å². The fourth-order valence-electron chi connectivity index (χ4n) is 3.11. The van der Waals surface area contributed by atoms with Gasteiger partial charge in [-0.1, -0.05) is 25.4 Å². The number of likely N-dealkylation sites (tertiary alicyclic amines) is 1. The first-order chi connectivity index (χ1) is 11.3. The van der Waals surface area contributed by atoms with Gasteiger partial charge in [0.05, 0.1) is 5.69 Å². The van der Waals surface area contributed by atoms with Crippen molar-refractivity contribution in [2.24, 2.45) is 5.92 Å². The second-order valence-corrected chi connectivity index (χ2v) is 7.05. The molecule has 0 saturated carbocycles. The number of carboxylic acid groups (broad SMARTS) is 1. The van der Waals surface area contributed by atoms with Gasteiger partial charge in [0.25, 0.3) is 5.56 Å². The summed E-state index contributed by atoms with van der Waals surface area (Å²) in [6.45, 7) is 8.23. The number of carbonyl (C=O) groups is 1. The maximum absolute atomic E-state index is 12.4. The number of nitrogens with one attached hydrogen (secondary N) is 1. The number of rotatable bonds is 7. The monoisotopic (exact) mass is 356 g/mol. The van der Waals surface area contributed by atoms with Crippen molar-refractivity contribution in [3.05, 3.63) is 21.2 Å². The lowest BCUT2D eigenvalue weighted by Gasteiger charge is -2.26. The van der Waals surface area contributed by atoms with E-state index in [4.69, 9.17) is 16.7 Å². The van der Waals surface area contributed by atoms with Gasteiger partial charge in [-0.15, -0.1) is 0 Å².